The zero-order chi connectivity index (χ0) is 15.4. The molecule has 0 bridgehead atoms. The van der Waals surface area contributed by atoms with Crippen molar-refractivity contribution in [3.63, 3.8) is 0 Å². The molecule has 1 aromatic carbocycles. The molecule has 1 atom stereocenters. The van der Waals surface area contributed by atoms with Crippen LogP contribution in [0.3, 0.4) is 0 Å². The summed E-state index contributed by atoms with van der Waals surface area (Å²) < 4.78 is 0. The van der Waals surface area contributed by atoms with E-state index >= 15 is 0 Å². The number of nitrogens with two attached hydrogens (primary N) is 1. The van der Waals surface area contributed by atoms with E-state index in [9.17, 15) is 4.79 Å². The molecule has 0 saturated carbocycles. The van der Waals surface area contributed by atoms with E-state index in [1.54, 1.807) is 23.3 Å². The summed E-state index contributed by atoms with van der Waals surface area (Å²) in [4.78, 5) is 18.1. The van der Waals surface area contributed by atoms with Gasteiger partial charge < -0.3 is 16.0 Å². The van der Waals surface area contributed by atoms with Crippen LogP contribution >= 0.6 is 11.3 Å². The fraction of sp³-hybridized carbons (Fsp3) is 0.333. The number of carbonyl (C=O) groups excluding carboxylic acids is 1. The summed E-state index contributed by atoms with van der Waals surface area (Å²) in [6.45, 7) is 4.36. The molecule has 21 heavy (non-hydrogen) atoms. The van der Waals surface area contributed by atoms with E-state index in [-0.39, 0.29) is 12.1 Å². The van der Waals surface area contributed by atoms with Crippen LogP contribution in [0.4, 0.5) is 10.5 Å². The molecule has 112 valence electrons. The van der Waals surface area contributed by atoms with E-state index in [4.69, 9.17) is 5.73 Å². The Morgan fingerprint density at radius 1 is 1.52 bits per heavy atom. The average molecular weight is 304 g/mol. The molecule has 2 amide bonds. The Bertz CT molecular complexity index is 624. The van der Waals surface area contributed by atoms with Crippen molar-refractivity contribution in [1.29, 1.82) is 0 Å². The van der Waals surface area contributed by atoms with Gasteiger partial charge in [-0.2, -0.15) is 0 Å². The van der Waals surface area contributed by atoms with Gasteiger partial charge in [-0.05, 0) is 31.5 Å². The lowest BCUT2D eigenvalue weighted by Gasteiger charge is -2.17. The van der Waals surface area contributed by atoms with E-state index in [1.165, 1.54) is 0 Å². The van der Waals surface area contributed by atoms with Gasteiger partial charge in [0.05, 0.1) is 17.2 Å². The minimum absolute atomic E-state index is 0.0578. The van der Waals surface area contributed by atoms with E-state index in [1.807, 2.05) is 43.5 Å². The first kappa shape index (κ1) is 15.5. The maximum Gasteiger partial charge on any atom is 0.321 e. The standard InChI is InChI=1S/C15H20N4OS/c1-10(16)12-5-4-6-13(7-12)18-15(20)19(3)8-14-9-21-11(2)17-14/h4-7,9-10H,8,16H2,1-3H3,(H,18,20). The molecular formula is C15H20N4OS. The third kappa shape index (κ3) is 4.27. The summed E-state index contributed by atoms with van der Waals surface area (Å²) in [6.07, 6.45) is 0. The van der Waals surface area contributed by atoms with Crippen LogP contribution < -0.4 is 11.1 Å². The minimum Gasteiger partial charge on any atom is -0.324 e. The molecule has 1 aromatic heterocycles. The topological polar surface area (TPSA) is 71.2 Å². The lowest BCUT2D eigenvalue weighted by Crippen LogP contribution is -2.31. The van der Waals surface area contributed by atoms with Crippen LogP contribution in [0.15, 0.2) is 29.6 Å². The summed E-state index contributed by atoms with van der Waals surface area (Å²) in [5.74, 6) is 0. The summed E-state index contributed by atoms with van der Waals surface area (Å²) in [5, 5.41) is 5.84. The first-order valence-corrected chi connectivity index (χ1v) is 7.62. The fourth-order valence-corrected chi connectivity index (χ4v) is 2.52. The van der Waals surface area contributed by atoms with Crippen LogP contribution in [0.2, 0.25) is 0 Å². The number of benzene rings is 1. The molecule has 6 heteroatoms. The second-order valence-electron chi connectivity index (χ2n) is 5.06. The van der Waals surface area contributed by atoms with Crippen molar-refractivity contribution in [2.24, 2.45) is 5.73 Å². The van der Waals surface area contributed by atoms with Gasteiger partial charge in [0.25, 0.3) is 0 Å². The third-order valence-electron chi connectivity index (χ3n) is 3.08. The number of hydrogen-bond acceptors (Lipinski definition) is 4. The maximum atomic E-state index is 12.2. The third-order valence-corrected chi connectivity index (χ3v) is 3.90. The SMILES string of the molecule is Cc1nc(CN(C)C(=O)Nc2cccc(C(C)N)c2)cs1. The molecule has 3 N–H and O–H groups in total. The highest BCUT2D eigenvalue weighted by Gasteiger charge is 2.11. The monoisotopic (exact) mass is 304 g/mol. The molecule has 5 nitrogen and oxygen atoms in total. The van der Waals surface area contributed by atoms with Gasteiger partial charge in [-0.25, -0.2) is 9.78 Å². The highest BCUT2D eigenvalue weighted by molar-refractivity contribution is 7.09. The number of nitrogens with one attached hydrogen (secondary N) is 1. The molecule has 0 fully saturated rings. The van der Waals surface area contributed by atoms with Crippen LogP contribution in [0.1, 0.15) is 29.2 Å². The van der Waals surface area contributed by atoms with Gasteiger partial charge >= 0.3 is 6.03 Å². The molecule has 1 heterocycles. The largest absolute Gasteiger partial charge is 0.324 e. The smallest absolute Gasteiger partial charge is 0.321 e. The molecule has 0 aliphatic carbocycles. The highest BCUT2D eigenvalue weighted by atomic mass is 32.1. The minimum atomic E-state index is -0.164. The van der Waals surface area contributed by atoms with Gasteiger partial charge in [-0.15, -0.1) is 11.3 Å². The molecular weight excluding hydrogens is 284 g/mol. The molecule has 2 aromatic rings. The summed E-state index contributed by atoms with van der Waals surface area (Å²) >= 11 is 1.58. The van der Waals surface area contributed by atoms with Gasteiger partial charge in [0, 0.05) is 24.2 Å². The number of aromatic nitrogens is 1. The van der Waals surface area contributed by atoms with E-state index in [0.29, 0.717) is 6.54 Å². The number of amides is 2. The zero-order valence-electron chi connectivity index (χ0n) is 12.5. The van der Waals surface area contributed by atoms with Crippen molar-refractivity contribution >= 4 is 23.1 Å². The number of anilines is 1. The molecule has 0 saturated heterocycles. The van der Waals surface area contributed by atoms with Crippen molar-refractivity contribution in [3.8, 4) is 0 Å². The van der Waals surface area contributed by atoms with Crippen LogP contribution in [-0.4, -0.2) is 23.0 Å². The summed E-state index contributed by atoms with van der Waals surface area (Å²) in [6, 6.07) is 7.36. The van der Waals surface area contributed by atoms with E-state index in [2.05, 4.69) is 10.3 Å². The average Bonchev–Trinajstić information content (AvgIpc) is 2.84. The number of rotatable bonds is 4. The second-order valence-corrected chi connectivity index (χ2v) is 6.12. The quantitative estimate of drug-likeness (QED) is 0.911. The van der Waals surface area contributed by atoms with Crippen molar-refractivity contribution < 1.29 is 4.79 Å². The Balaban J connectivity index is 1.98. The molecule has 1 unspecified atom stereocenters. The Morgan fingerprint density at radius 3 is 2.90 bits per heavy atom. The number of thiazole rings is 1. The molecule has 0 radical (unpaired) electrons. The van der Waals surface area contributed by atoms with Gasteiger partial charge in [0.15, 0.2) is 0 Å². The molecule has 2 rings (SSSR count). The van der Waals surface area contributed by atoms with Crippen LogP contribution in [0, 0.1) is 6.92 Å². The van der Waals surface area contributed by atoms with Gasteiger partial charge in [-0.1, -0.05) is 12.1 Å². The van der Waals surface area contributed by atoms with Gasteiger partial charge in [0.1, 0.15) is 0 Å². The Kier molecular flexibility index (Phi) is 4.93. The number of urea groups is 1. The Hall–Kier alpha value is -1.92. The second kappa shape index (κ2) is 6.69. The van der Waals surface area contributed by atoms with E-state index < -0.39 is 0 Å². The lowest BCUT2D eigenvalue weighted by atomic mass is 10.1. The number of hydrogen-bond donors (Lipinski definition) is 2. The normalized spacial score (nSPS) is 12.0. The fourth-order valence-electron chi connectivity index (χ4n) is 1.91. The predicted octanol–water partition coefficient (Wildman–Crippen LogP) is 3.14. The van der Waals surface area contributed by atoms with Crippen molar-refractivity contribution in [1.82, 2.24) is 9.88 Å². The zero-order valence-corrected chi connectivity index (χ0v) is 13.3. The van der Waals surface area contributed by atoms with E-state index in [0.717, 1.165) is 22.0 Å². The Morgan fingerprint density at radius 2 is 2.29 bits per heavy atom. The van der Waals surface area contributed by atoms with Crippen LogP contribution in [0.5, 0.6) is 0 Å². The highest BCUT2D eigenvalue weighted by Crippen LogP contribution is 2.16. The number of nitrogens with zero attached hydrogens (tertiary/aromatic N) is 2. The molecule has 0 aliphatic heterocycles. The number of carbonyl (C=O) groups is 1. The van der Waals surface area contributed by atoms with Crippen molar-refractivity contribution in [2.75, 3.05) is 12.4 Å². The first-order chi connectivity index (χ1) is 9.95. The molecule has 0 spiro atoms. The number of aryl methyl sites for hydroxylation is 1. The summed E-state index contributed by atoms with van der Waals surface area (Å²) in [5.41, 5.74) is 8.49. The van der Waals surface area contributed by atoms with Gasteiger partial charge in [0.2, 0.25) is 0 Å². The summed E-state index contributed by atoms with van der Waals surface area (Å²) in [7, 11) is 1.75. The van der Waals surface area contributed by atoms with Crippen molar-refractivity contribution in [2.45, 2.75) is 26.4 Å². The molecule has 0 aliphatic rings. The first-order valence-electron chi connectivity index (χ1n) is 6.74. The van der Waals surface area contributed by atoms with Gasteiger partial charge in [-0.3, -0.25) is 0 Å². The van der Waals surface area contributed by atoms with Crippen molar-refractivity contribution in [3.05, 3.63) is 45.9 Å². The Labute approximate surface area is 128 Å². The maximum absolute atomic E-state index is 12.2. The predicted molar refractivity (Wildman–Crippen MR) is 86.4 cm³/mol. The van der Waals surface area contributed by atoms with Crippen LogP contribution in [-0.2, 0) is 6.54 Å². The van der Waals surface area contributed by atoms with Crippen LogP contribution in [0.25, 0.3) is 0 Å². The lowest BCUT2D eigenvalue weighted by molar-refractivity contribution is 0.220.